The molecule has 1 aliphatic heterocycles. The maximum atomic E-state index is 13.4. The van der Waals surface area contributed by atoms with Crippen LogP contribution in [0.4, 0.5) is 4.39 Å². The number of carbonyl (C=O) groups is 2. The van der Waals surface area contributed by atoms with Gasteiger partial charge in [-0.15, -0.1) is 0 Å². The van der Waals surface area contributed by atoms with E-state index in [0.717, 1.165) is 55.4 Å². The fraction of sp³-hybridized carbons (Fsp3) is 0.692. The molecule has 32 heavy (non-hydrogen) atoms. The van der Waals surface area contributed by atoms with E-state index in [1.54, 1.807) is 0 Å². The molecule has 4 saturated carbocycles. The van der Waals surface area contributed by atoms with Gasteiger partial charge in [0.25, 0.3) is 0 Å². The largest absolute Gasteiger partial charge is 0.381 e. The maximum Gasteiger partial charge on any atom is 0.226 e. The van der Waals surface area contributed by atoms with Gasteiger partial charge in [-0.3, -0.25) is 9.59 Å². The third kappa shape index (κ3) is 4.30. The van der Waals surface area contributed by atoms with Gasteiger partial charge < -0.3 is 15.4 Å². The first kappa shape index (κ1) is 21.9. The van der Waals surface area contributed by atoms with Gasteiger partial charge in [0.2, 0.25) is 11.8 Å². The number of carbonyl (C=O) groups excluding carboxylic acids is 2. The first-order valence-corrected chi connectivity index (χ1v) is 12.4. The third-order valence-corrected chi connectivity index (χ3v) is 8.69. The molecule has 5 aliphatic rings. The molecule has 5 fully saturated rings. The summed E-state index contributed by atoms with van der Waals surface area (Å²) in [5.74, 6) is 2.07. The lowest BCUT2D eigenvalue weighted by molar-refractivity contribution is -0.146. The van der Waals surface area contributed by atoms with Gasteiger partial charge in [-0.05, 0) is 86.8 Å². The van der Waals surface area contributed by atoms with E-state index in [2.05, 4.69) is 10.6 Å². The van der Waals surface area contributed by atoms with Gasteiger partial charge in [-0.1, -0.05) is 12.1 Å². The van der Waals surface area contributed by atoms with E-state index in [9.17, 15) is 14.0 Å². The normalized spacial score (nSPS) is 32.5. The second-order valence-corrected chi connectivity index (χ2v) is 10.9. The fourth-order valence-electron chi connectivity index (χ4n) is 7.36. The van der Waals surface area contributed by atoms with Gasteiger partial charge in [0.05, 0.1) is 0 Å². The van der Waals surface area contributed by atoms with Crippen LogP contribution in [0.2, 0.25) is 0 Å². The van der Waals surface area contributed by atoms with Crippen LogP contribution in [0.1, 0.15) is 63.4 Å². The van der Waals surface area contributed by atoms with Crippen LogP contribution in [0, 0.1) is 29.0 Å². The molecule has 1 saturated heterocycles. The summed E-state index contributed by atoms with van der Waals surface area (Å²) >= 11 is 0. The molecule has 174 valence electrons. The van der Waals surface area contributed by atoms with Gasteiger partial charge >= 0.3 is 0 Å². The molecular weight excluding hydrogens is 407 g/mol. The monoisotopic (exact) mass is 442 g/mol. The minimum atomic E-state index is -0.255. The summed E-state index contributed by atoms with van der Waals surface area (Å²) in [6, 6.07) is 6.60. The zero-order valence-electron chi connectivity index (χ0n) is 18.8. The van der Waals surface area contributed by atoms with Crippen molar-refractivity contribution in [3.8, 4) is 0 Å². The van der Waals surface area contributed by atoms with Crippen molar-refractivity contribution in [2.45, 2.75) is 63.2 Å². The third-order valence-electron chi connectivity index (χ3n) is 8.69. The van der Waals surface area contributed by atoms with E-state index in [0.29, 0.717) is 26.3 Å². The second-order valence-electron chi connectivity index (χ2n) is 10.9. The summed E-state index contributed by atoms with van der Waals surface area (Å²) in [5.41, 5.74) is 0.641. The molecule has 4 bridgehead atoms. The lowest BCUT2D eigenvalue weighted by atomic mass is 9.49. The number of hydrogen-bond donors (Lipinski definition) is 2. The number of amides is 2. The molecule has 0 atom stereocenters. The highest BCUT2D eigenvalue weighted by Crippen LogP contribution is 2.60. The van der Waals surface area contributed by atoms with E-state index >= 15 is 0 Å². The number of hydrogen-bond acceptors (Lipinski definition) is 3. The summed E-state index contributed by atoms with van der Waals surface area (Å²) in [7, 11) is 0. The summed E-state index contributed by atoms with van der Waals surface area (Å²) < 4.78 is 18.9. The topological polar surface area (TPSA) is 67.4 Å². The summed E-state index contributed by atoms with van der Waals surface area (Å²) in [5, 5.41) is 6.17. The number of rotatable bonds is 7. The average Bonchev–Trinajstić information content (AvgIpc) is 2.78. The summed E-state index contributed by atoms with van der Waals surface area (Å²) in [6.45, 7) is 2.16. The van der Waals surface area contributed by atoms with Crippen molar-refractivity contribution in [1.29, 1.82) is 0 Å². The Bertz CT molecular complexity index is 812. The van der Waals surface area contributed by atoms with Gasteiger partial charge in [-0.2, -0.15) is 0 Å². The van der Waals surface area contributed by atoms with Crippen molar-refractivity contribution in [3.05, 3.63) is 35.6 Å². The molecule has 1 aromatic rings. The number of halogens is 1. The van der Waals surface area contributed by atoms with E-state index in [1.807, 2.05) is 12.1 Å². The summed E-state index contributed by atoms with van der Waals surface area (Å²) in [4.78, 5) is 25.6. The van der Waals surface area contributed by atoms with Crippen LogP contribution in [0.15, 0.2) is 24.3 Å². The molecule has 2 amide bonds. The molecule has 0 unspecified atom stereocenters. The number of nitrogens with one attached hydrogen (secondary N) is 2. The van der Waals surface area contributed by atoms with Crippen molar-refractivity contribution >= 4 is 11.8 Å². The van der Waals surface area contributed by atoms with Crippen LogP contribution in [0.3, 0.4) is 0 Å². The Balaban J connectivity index is 1.12. The molecule has 0 spiro atoms. The molecule has 1 aromatic carbocycles. The first-order valence-electron chi connectivity index (χ1n) is 12.4. The average molecular weight is 443 g/mol. The van der Waals surface area contributed by atoms with Gasteiger partial charge in [0, 0.05) is 43.6 Å². The Morgan fingerprint density at radius 1 is 0.938 bits per heavy atom. The molecule has 5 nitrogen and oxygen atoms in total. The molecule has 1 heterocycles. The van der Waals surface area contributed by atoms with Gasteiger partial charge in [0.15, 0.2) is 0 Å². The van der Waals surface area contributed by atoms with Crippen molar-refractivity contribution in [2.75, 3.05) is 26.3 Å². The van der Waals surface area contributed by atoms with Crippen LogP contribution in [0.25, 0.3) is 0 Å². The van der Waals surface area contributed by atoms with E-state index in [1.165, 1.54) is 31.4 Å². The van der Waals surface area contributed by atoms with Crippen molar-refractivity contribution in [3.63, 3.8) is 0 Å². The lowest BCUT2D eigenvalue weighted by Gasteiger charge is -2.55. The minimum absolute atomic E-state index is 0.0520. The highest BCUT2D eigenvalue weighted by Gasteiger charge is 2.54. The SMILES string of the molecule is O=C(CCNC(=O)C12CC3CC(CC(C3)C1)C2)NCC1(c2ccc(F)cc2)CCOCC1. The number of ether oxygens (including phenoxy) is 1. The lowest BCUT2D eigenvalue weighted by Crippen LogP contribution is -2.54. The Hall–Kier alpha value is -1.95. The maximum absolute atomic E-state index is 13.4. The standard InChI is InChI=1S/C26H35FN2O3/c27-22-3-1-21(2-4-22)25(6-9-32-10-7-25)17-29-23(30)5-8-28-24(31)26-14-18-11-19(15-26)13-20(12-18)16-26/h1-4,18-20H,5-17H2,(H,28,31)(H,29,30). The van der Waals surface area contributed by atoms with Crippen molar-refractivity contribution in [1.82, 2.24) is 10.6 Å². The molecule has 0 aromatic heterocycles. The molecule has 0 radical (unpaired) electrons. The minimum Gasteiger partial charge on any atom is -0.381 e. The predicted molar refractivity (Wildman–Crippen MR) is 119 cm³/mol. The number of benzene rings is 1. The molecular formula is C26H35FN2O3. The van der Waals surface area contributed by atoms with E-state index in [-0.39, 0.29) is 34.9 Å². The molecule has 4 aliphatic carbocycles. The zero-order chi connectivity index (χ0) is 22.2. The smallest absolute Gasteiger partial charge is 0.226 e. The molecule has 6 heteroatoms. The molecule has 6 rings (SSSR count). The highest BCUT2D eigenvalue weighted by molar-refractivity contribution is 5.84. The summed E-state index contributed by atoms with van der Waals surface area (Å²) in [6.07, 6.45) is 8.94. The zero-order valence-corrected chi connectivity index (χ0v) is 18.8. The van der Waals surface area contributed by atoms with Crippen LogP contribution in [-0.2, 0) is 19.7 Å². The van der Waals surface area contributed by atoms with Crippen LogP contribution < -0.4 is 10.6 Å². The van der Waals surface area contributed by atoms with Crippen LogP contribution in [-0.4, -0.2) is 38.1 Å². The van der Waals surface area contributed by atoms with Gasteiger partial charge in [-0.25, -0.2) is 4.39 Å². The van der Waals surface area contributed by atoms with Crippen molar-refractivity contribution < 1.29 is 18.7 Å². The Labute approximate surface area is 189 Å². The van der Waals surface area contributed by atoms with E-state index in [4.69, 9.17) is 4.74 Å². The quantitative estimate of drug-likeness (QED) is 0.677. The van der Waals surface area contributed by atoms with Gasteiger partial charge in [0.1, 0.15) is 5.82 Å². The predicted octanol–water partition coefficient (Wildman–Crippen LogP) is 3.71. The Morgan fingerprint density at radius 2 is 1.53 bits per heavy atom. The van der Waals surface area contributed by atoms with Crippen LogP contribution >= 0.6 is 0 Å². The Kier molecular flexibility index (Phi) is 5.99. The van der Waals surface area contributed by atoms with Crippen molar-refractivity contribution in [2.24, 2.45) is 23.2 Å². The second kappa shape index (κ2) is 8.77. The molecule has 2 N–H and O–H groups in total. The fourth-order valence-corrected chi connectivity index (χ4v) is 7.36. The highest BCUT2D eigenvalue weighted by atomic mass is 19.1. The first-order chi connectivity index (χ1) is 15.5. The Morgan fingerprint density at radius 3 is 2.12 bits per heavy atom. The van der Waals surface area contributed by atoms with E-state index < -0.39 is 0 Å². The van der Waals surface area contributed by atoms with Crippen LogP contribution in [0.5, 0.6) is 0 Å².